The van der Waals surface area contributed by atoms with E-state index in [9.17, 15) is 14.7 Å². The average molecular weight is 358 g/mol. The third kappa shape index (κ3) is 3.06. The molecule has 3 N–H and O–H groups in total. The highest BCUT2D eigenvalue weighted by atomic mass is 16.5. The third-order valence-electron chi connectivity index (χ3n) is 4.80. The van der Waals surface area contributed by atoms with E-state index in [1.165, 1.54) is 6.08 Å². The standard InChI is InChI=1S/C19H22N2O5/c1-4-8-26-18(23)16-14(11-6-5-7-12(9-11)25-3)15-13(10-19(16,2)24)20-21-17(15)22/h4-7,9,14,16,24H,1,8,10H2,2-3H3,(H2,20,21,22)/t14-,16-,19+/m1/s1. The van der Waals surface area contributed by atoms with Gasteiger partial charge in [0.1, 0.15) is 12.4 Å². The zero-order valence-corrected chi connectivity index (χ0v) is 14.7. The van der Waals surface area contributed by atoms with E-state index in [1.54, 1.807) is 38.3 Å². The first-order valence-corrected chi connectivity index (χ1v) is 8.32. The van der Waals surface area contributed by atoms with Crippen LogP contribution in [0.4, 0.5) is 0 Å². The smallest absolute Gasteiger partial charge is 0.313 e. The first kappa shape index (κ1) is 18.0. The minimum absolute atomic E-state index is 0.0343. The number of fused-ring (bicyclic) bond motifs is 1. The largest absolute Gasteiger partial charge is 0.497 e. The van der Waals surface area contributed by atoms with Crippen LogP contribution in [0, 0.1) is 5.92 Å². The summed E-state index contributed by atoms with van der Waals surface area (Å²) < 4.78 is 10.5. The molecule has 1 aromatic carbocycles. The van der Waals surface area contributed by atoms with Crippen LogP contribution < -0.4 is 10.3 Å². The molecule has 1 aromatic heterocycles. The topological polar surface area (TPSA) is 104 Å². The molecule has 7 heteroatoms. The summed E-state index contributed by atoms with van der Waals surface area (Å²) >= 11 is 0. The summed E-state index contributed by atoms with van der Waals surface area (Å²) in [5.41, 5.74) is -0.00332. The van der Waals surface area contributed by atoms with Crippen LogP contribution in [-0.4, -0.2) is 40.6 Å². The molecule has 7 nitrogen and oxygen atoms in total. The van der Waals surface area contributed by atoms with Crippen LogP contribution in [0.2, 0.25) is 0 Å². The lowest BCUT2D eigenvalue weighted by atomic mass is 9.66. The van der Waals surface area contributed by atoms with E-state index in [0.717, 1.165) is 0 Å². The third-order valence-corrected chi connectivity index (χ3v) is 4.80. The van der Waals surface area contributed by atoms with Crippen LogP contribution in [0.25, 0.3) is 0 Å². The number of aromatic amines is 2. The first-order chi connectivity index (χ1) is 12.4. The van der Waals surface area contributed by atoms with E-state index < -0.39 is 23.4 Å². The van der Waals surface area contributed by atoms with Crippen molar-refractivity contribution in [2.45, 2.75) is 24.9 Å². The number of H-pyrrole nitrogens is 2. The molecule has 0 radical (unpaired) electrons. The van der Waals surface area contributed by atoms with Gasteiger partial charge in [-0.2, -0.15) is 0 Å². The minimum Gasteiger partial charge on any atom is -0.497 e. The van der Waals surface area contributed by atoms with Gasteiger partial charge >= 0.3 is 5.97 Å². The fraction of sp³-hybridized carbons (Fsp3) is 0.368. The molecular formula is C19H22N2O5. The van der Waals surface area contributed by atoms with Gasteiger partial charge < -0.3 is 19.7 Å². The lowest BCUT2D eigenvalue weighted by molar-refractivity contribution is -0.158. The van der Waals surface area contributed by atoms with Crippen molar-refractivity contribution in [3.63, 3.8) is 0 Å². The van der Waals surface area contributed by atoms with Crippen LogP contribution in [0.15, 0.2) is 41.7 Å². The molecule has 0 amide bonds. The molecule has 0 saturated heterocycles. The normalized spacial score (nSPS) is 24.6. The molecule has 3 atom stereocenters. The summed E-state index contributed by atoms with van der Waals surface area (Å²) in [6.45, 7) is 5.15. The predicted molar refractivity (Wildman–Crippen MR) is 95.2 cm³/mol. The summed E-state index contributed by atoms with van der Waals surface area (Å²) in [5, 5.41) is 16.4. The average Bonchev–Trinajstić information content (AvgIpc) is 2.97. The Morgan fingerprint density at radius 1 is 1.46 bits per heavy atom. The highest BCUT2D eigenvalue weighted by molar-refractivity contribution is 5.77. The van der Waals surface area contributed by atoms with Gasteiger partial charge in [-0.05, 0) is 24.6 Å². The van der Waals surface area contributed by atoms with Gasteiger partial charge in [-0.25, -0.2) is 0 Å². The zero-order valence-electron chi connectivity index (χ0n) is 14.7. The molecule has 0 aliphatic heterocycles. The van der Waals surface area contributed by atoms with Gasteiger partial charge in [0, 0.05) is 23.6 Å². The number of hydrogen-bond acceptors (Lipinski definition) is 5. The summed E-state index contributed by atoms with van der Waals surface area (Å²) in [7, 11) is 1.54. The molecule has 0 spiro atoms. The number of methoxy groups -OCH3 is 1. The number of carbonyl (C=O) groups is 1. The summed E-state index contributed by atoms with van der Waals surface area (Å²) in [6.07, 6.45) is 1.60. The van der Waals surface area contributed by atoms with Gasteiger partial charge in [0.15, 0.2) is 0 Å². The monoisotopic (exact) mass is 358 g/mol. The number of aromatic nitrogens is 2. The van der Waals surface area contributed by atoms with Gasteiger partial charge in [0.2, 0.25) is 0 Å². The maximum atomic E-state index is 12.8. The van der Waals surface area contributed by atoms with Crippen LogP contribution in [0.3, 0.4) is 0 Å². The Bertz CT molecular complexity index is 880. The lowest BCUT2D eigenvalue weighted by Gasteiger charge is -2.40. The highest BCUT2D eigenvalue weighted by Gasteiger charge is 2.51. The molecule has 0 bridgehead atoms. The second-order valence-electron chi connectivity index (χ2n) is 6.66. The van der Waals surface area contributed by atoms with Gasteiger partial charge in [-0.1, -0.05) is 24.8 Å². The van der Waals surface area contributed by atoms with E-state index in [1.807, 2.05) is 0 Å². The second-order valence-corrected chi connectivity index (χ2v) is 6.66. The van der Waals surface area contributed by atoms with Crippen molar-refractivity contribution >= 4 is 5.97 Å². The van der Waals surface area contributed by atoms with Crippen molar-refractivity contribution in [1.29, 1.82) is 0 Å². The number of esters is 1. The molecule has 0 fully saturated rings. The fourth-order valence-corrected chi connectivity index (χ4v) is 3.68. The van der Waals surface area contributed by atoms with Crippen LogP contribution in [0.5, 0.6) is 5.75 Å². The van der Waals surface area contributed by atoms with Crippen molar-refractivity contribution < 1.29 is 19.4 Å². The number of benzene rings is 1. The number of aliphatic hydroxyl groups is 1. The van der Waals surface area contributed by atoms with E-state index in [-0.39, 0.29) is 18.6 Å². The Balaban J connectivity index is 2.18. The quantitative estimate of drug-likeness (QED) is 0.555. The van der Waals surface area contributed by atoms with Gasteiger partial charge in [0.05, 0.1) is 18.6 Å². The predicted octanol–water partition coefficient (Wildman–Crippen LogP) is 1.50. The minimum atomic E-state index is -1.40. The van der Waals surface area contributed by atoms with Gasteiger partial charge in [0.25, 0.3) is 5.56 Å². The summed E-state index contributed by atoms with van der Waals surface area (Å²) in [6, 6.07) is 7.12. The molecule has 0 unspecified atom stereocenters. The molecule has 0 saturated carbocycles. The maximum absolute atomic E-state index is 12.8. The Labute approximate surface area is 150 Å². The molecule has 1 aliphatic carbocycles. The number of ether oxygens (including phenoxy) is 2. The number of rotatable bonds is 5. The Hall–Kier alpha value is -2.80. The van der Waals surface area contributed by atoms with E-state index in [4.69, 9.17) is 9.47 Å². The van der Waals surface area contributed by atoms with Crippen molar-refractivity contribution in [2.75, 3.05) is 13.7 Å². The lowest BCUT2D eigenvalue weighted by Crippen LogP contribution is -2.50. The van der Waals surface area contributed by atoms with Crippen LogP contribution in [0.1, 0.15) is 29.7 Å². The number of nitrogens with one attached hydrogen (secondary N) is 2. The molecule has 1 heterocycles. The Kier molecular flexibility index (Phi) is 4.73. The van der Waals surface area contributed by atoms with Crippen molar-refractivity contribution in [3.05, 3.63) is 64.1 Å². The van der Waals surface area contributed by atoms with E-state index in [2.05, 4.69) is 16.8 Å². The molecule has 138 valence electrons. The van der Waals surface area contributed by atoms with Crippen molar-refractivity contribution in [1.82, 2.24) is 10.2 Å². The molecule has 2 aromatic rings. The number of carbonyl (C=O) groups excluding carboxylic acids is 1. The van der Waals surface area contributed by atoms with Crippen LogP contribution in [-0.2, 0) is 16.0 Å². The number of hydrogen-bond donors (Lipinski definition) is 3. The summed E-state index contributed by atoms with van der Waals surface area (Å²) in [4.78, 5) is 25.2. The van der Waals surface area contributed by atoms with Gasteiger partial charge in [-0.3, -0.25) is 14.7 Å². The maximum Gasteiger partial charge on any atom is 0.313 e. The van der Waals surface area contributed by atoms with Crippen LogP contribution >= 0.6 is 0 Å². The van der Waals surface area contributed by atoms with Gasteiger partial charge in [-0.15, -0.1) is 0 Å². The Morgan fingerprint density at radius 2 is 2.23 bits per heavy atom. The molecule has 1 aliphatic rings. The zero-order chi connectivity index (χ0) is 18.9. The molecular weight excluding hydrogens is 336 g/mol. The first-order valence-electron chi connectivity index (χ1n) is 8.32. The Morgan fingerprint density at radius 3 is 2.92 bits per heavy atom. The fourth-order valence-electron chi connectivity index (χ4n) is 3.68. The summed E-state index contributed by atoms with van der Waals surface area (Å²) in [5.74, 6) is -1.59. The van der Waals surface area contributed by atoms with Crippen molar-refractivity contribution in [2.24, 2.45) is 5.92 Å². The molecule has 26 heavy (non-hydrogen) atoms. The van der Waals surface area contributed by atoms with Crippen molar-refractivity contribution in [3.8, 4) is 5.75 Å². The second kappa shape index (κ2) is 6.84. The van der Waals surface area contributed by atoms with E-state index >= 15 is 0 Å². The molecule has 3 rings (SSSR count). The van der Waals surface area contributed by atoms with E-state index in [0.29, 0.717) is 22.6 Å². The SMILES string of the molecule is C=CCOC(=O)[C@H]1[C@H](c2cccc(OC)c2)c2c([nH][nH]c2=O)C[C@]1(C)O. The highest BCUT2D eigenvalue weighted by Crippen LogP contribution is 2.45.